The molecule has 0 saturated carbocycles. The highest BCUT2D eigenvalue weighted by Crippen LogP contribution is 2.35. The molecule has 0 aliphatic rings. The molecule has 5 nitrogen and oxygen atoms in total. The van der Waals surface area contributed by atoms with Crippen molar-refractivity contribution in [2.45, 2.75) is 13.8 Å². The lowest BCUT2D eigenvalue weighted by atomic mass is 10.2. The van der Waals surface area contributed by atoms with Crippen LogP contribution in [0.25, 0.3) is 10.6 Å². The Kier molecular flexibility index (Phi) is 5.76. The van der Waals surface area contributed by atoms with Crippen molar-refractivity contribution in [3.63, 3.8) is 0 Å². The molecule has 2 aromatic carbocycles. The predicted molar refractivity (Wildman–Crippen MR) is 109 cm³/mol. The molecule has 0 spiro atoms. The van der Waals surface area contributed by atoms with Gasteiger partial charge < -0.3 is 14.4 Å². The van der Waals surface area contributed by atoms with Gasteiger partial charge in [-0.1, -0.05) is 18.2 Å². The van der Waals surface area contributed by atoms with Crippen molar-refractivity contribution in [1.82, 2.24) is 4.98 Å². The first-order chi connectivity index (χ1) is 13.1. The van der Waals surface area contributed by atoms with E-state index in [-0.39, 0.29) is 5.91 Å². The van der Waals surface area contributed by atoms with E-state index < -0.39 is 0 Å². The number of aryl methyl sites for hydroxylation is 1. The number of amides is 1. The van der Waals surface area contributed by atoms with Crippen LogP contribution in [-0.2, 0) is 0 Å². The Morgan fingerprint density at radius 1 is 1.07 bits per heavy atom. The molecule has 1 amide bonds. The summed E-state index contributed by atoms with van der Waals surface area (Å²) in [6, 6.07) is 15.3. The number of aromatic nitrogens is 1. The van der Waals surface area contributed by atoms with E-state index in [1.807, 2.05) is 62.4 Å². The maximum atomic E-state index is 13.1. The smallest absolute Gasteiger partial charge is 0.270 e. The fourth-order valence-corrected chi connectivity index (χ4v) is 3.87. The molecule has 0 radical (unpaired) electrons. The lowest BCUT2D eigenvalue weighted by molar-refractivity contribution is 0.0991. The van der Waals surface area contributed by atoms with Crippen LogP contribution >= 0.6 is 11.3 Å². The molecule has 1 aromatic heterocycles. The first kappa shape index (κ1) is 18.9. The van der Waals surface area contributed by atoms with Crippen LogP contribution in [-0.4, -0.2) is 31.7 Å². The summed E-state index contributed by atoms with van der Waals surface area (Å²) in [5, 5.41) is 0.779. The van der Waals surface area contributed by atoms with Crippen LogP contribution in [0.1, 0.15) is 22.3 Å². The number of carbonyl (C=O) groups excluding carboxylic acids is 1. The van der Waals surface area contributed by atoms with Gasteiger partial charge in [-0.15, -0.1) is 11.3 Å². The highest BCUT2D eigenvalue weighted by atomic mass is 32.1. The van der Waals surface area contributed by atoms with Gasteiger partial charge in [-0.25, -0.2) is 4.98 Å². The number of hydrogen-bond acceptors (Lipinski definition) is 5. The highest BCUT2D eigenvalue weighted by molar-refractivity contribution is 7.17. The van der Waals surface area contributed by atoms with Gasteiger partial charge in [0.1, 0.15) is 9.88 Å². The largest absolute Gasteiger partial charge is 0.493 e. The number of hydrogen-bond donors (Lipinski definition) is 0. The SMILES string of the molecule is CCN(C(=O)c1sc(-c2ccc(OC)c(OC)c2)nc1C)c1ccccc1. The molecule has 0 N–H and O–H groups in total. The molecule has 0 atom stereocenters. The number of rotatable bonds is 6. The van der Waals surface area contributed by atoms with Crippen molar-refractivity contribution in [3.05, 3.63) is 59.1 Å². The number of ether oxygens (including phenoxy) is 2. The highest BCUT2D eigenvalue weighted by Gasteiger charge is 2.22. The normalized spacial score (nSPS) is 10.5. The van der Waals surface area contributed by atoms with Gasteiger partial charge in [-0.3, -0.25) is 4.79 Å². The quantitative estimate of drug-likeness (QED) is 0.614. The average molecular weight is 382 g/mol. The molecule has 0 bridgehead atoms. The Balaban J connectivity index is 1.96. The maximum Gasteiger partial charge on any atom is 0.270 e. The third kappa shape index (κ3) is 3.80. The van der Waals surface area contributed by atoms with Gasteiger partial charge >= 0.3 is 0 Å². The monoisotopic (exact) mass is 382 g/mol. The van der Waals surface area contributed by atoms with Crippen LogP contribution in [0.15, 0.2) is 48.5 Å². The summed E-state index contributed by atoms with van der Waals surface area (Å²) in [4.78, 5) is 20.1. The topological polar surface area (TPSA) is 51.7 Å². The lowest BCUT2D eigenvalue weighted by Gasteiger charge is -2.20. The molecule has 0 fully saturated rings. The number of thiazole rings is 1. The van der Waals surface area contributed by atoms with E-state index in [9.17, 15) is 4.79 Å². The van der Waals surface area contributed by atoms with Gasteiger partial charge in [0.05, 0.1) is 19.9 Å². The fourth-order valence-electron chi connectivity index (χ4n) is 2.86. The third-order valence-electron chi connectivity index (χ3n) is 4.25. The van der Waals surface area contributed by atoms with Crippen LogP contribution in [0.3, 0.4) is 0 Å². The van der Waals surface area contributed by atoms with Gasteiger partial charge in [0.15, 0.2) is 11.5 Å². The molecule has 0 saturated heterocycles. The number of benzene rings is 2. The van der Waals surface area contributed by atoms with E-state index in [2.05, 4.69) is 4.98 Å². The summed E-state index contributed by atoms with van der Waals surface area (Å²) in [6.07, 6.45) is 0. The van der Waals surface area contributed by atoms with Gasteiger partial charge in [0, 0.05) is 17.8 Å². The van der Waals surface area contributed by atoms with Crippen molar-refractivity contribution in [2.75, 3.05) is 25.7 Å². The van der Waals surface area contributed by atoms with Crippen LogP contribution in [0.5, 0.6) is 11.5 Å². The first-order valence-electron chi connectivity index (χ1n) is 8.65. The van der Waals surface area contributed by atoms with E-state index in [0.717, 1.165) is 22.0 Å². The molecule has 27 heavy (non-hydrogen) atoms. The van der Waals surface area contributed by atoms with E-state index >= 15 is 0 Å². The summed E-state index contributed by atoms with van der Waals surface area (Å²) in [5.41, 5.74) is 2.50. The second-order valence-corrected chi connectivity index (χ2v) is 6.89. The number of para-hydroxylation sites is 1. The summed E-state index contributed by atoms with van der Waals surface area (Å²) in [5.74, 6) is 1.26. The van der Waals surface area contributed by atoms with Crippen LogP contribution in [0, 0.1) is 6.92 Å². The zero-order valence-electron chi connectivity index (χ0n) is 15.9. The van der Waals surface area contributed by atoms with E-state index in [1.165, 1.54) is 11.3 Å². The molecule has 140 valence electrons. The average Bonchev–Trinajstić information content (AvgIpc) is 3.10. The Morgan fingerprint density at radius 2 is 1.78 bits per heavy atom. The Hall–Kier alpha value is -2.86. The van der Waals surface area contributed by atoms with E-state index in [0.29, 0.717) is 22.9 Å². The summed E-state index contributed by atoms with van der Waals surface area (Å²) in [6.45, 7) is 4.43. The van der Waals surface area contributed by atoms with Gasteiger partial charge in [0.2, 0.25) is 0 Å². The summed E-state index contributed by atoms with van der Waals surface area (Å²) in [7, 11) is 3.20. The van der Waals surface area contributed by atoms with E-state index in [4.69, 9.17) is 9.47 Å². The van der Waals surface area contributed by atoms with Gasteiger partial charge in [-0.05, 0) is 44.2 Å². The Bertz CT molecular complexity index is 938. The van der Waals surface area contributed by atoms with Crippen LogP contribution in [0.4, 0.5) is 5.69 Å². The molecule has 6 heteroatoms. The fraction of sp³-hybridized carbons (Fsp3) is 0.238. The Morgan fingerprint density at radius 3 is 2.41 bits per heavy atom. The molecular weight excluding hydrogens is 360 g/mol. The minimum Gasteiger partial charge on any atom is -0.493 e. The Labute approximate surface area is 163 Å². The van der Waals surface area contributed by atoms with Gasteiger partial charge in [0.25, 0.3) is 5.91 Å². The van der Waals surface area contributed by atoms with Crippen molar-refractivity contribution < 1.29 is 14.3 Å². The molecule has 0 unspecified atom stereocenters. The molecule has 3 rings (SSSR count). The van der Waals surface area contributed by atoms with Gasteiger partial charge in [-0.2, -0.15) is 0 Å². The van der Waals surface area contributed by atoms with Crippen LogP contribution in [0.2, 0.25) is 0 Å². The number of nitrogens with zero attached hydrogens (tertiary/aromatic N) is 2. The molecule has 1 heterocycles. The zero-order chi connectivity index (χ0) is 19.4. The van der Waals surface area contributed by atoms with Crippen LogP contribution < -0.4 is 14.4 Å². The number of carbonyl (C=O) groups is 1. The minimum absolute atomic E-state index is 0.0366. The van der Waals surface area contributed by atoms with Crippen molar-refractivity contribution >= 4 is 22.9 Å². The lowest BCUT2D eigenvalue weighted by Crippen LogP contribution is -2.30. The number of anilines is 1. The molecule has 0 aliphatic carbocycles. The predicted octanol–water partition coefficient (Wildman–Crippen LogP) is 4.80. The summed E-state index contributed by atoms with van der Waals surface area (Å²) >= 11 is 1.39. The molecular formula is C21H22N2O3S. The molecule has 0 aliphatic heterocycles. The second kappa shape index (κ2) is 8.22. The number of methoxy groups -OCH3 is 2. The first-order valence-corrected chi connectivity index (χ1v) is 9.47. The third-order valence-corrected chi connectivity index (χ3v) is 5.45. The minimum atomic E-state index is -0.0366. The van der Waals surface area contributed by atoms with E-state index in [1.54, 1.807) is 19.1 Å². The standard InChI is InChI=1S/C21H22N2O3S/c1-5-23(16-9-7-6-8-10-16)21(24)19-14(2)22-20(27-19)15-11-12-17(25-3)18(13-15)26-4/h6-13H,5H2,1-4H3. The van der Waals surface area contributed by atoms with Crippen molar-refractivity contribution in [3.8, 4) is 22.1 Å². The summed E-state index contributed by atoms with van der Waals surface area (Å²) < 4.78 is 10.7. The molecule has 3 aromatic rings. The zero-order valence-corrected chi connectivity index (χ0v) is 16.7. The van der Waals surface area contributed by atoms with Crippen molar-refractivity contribution in [1.29, 1.82) is 0 Å². The van der Waals surface area contributed by atoms with Crippen molar-refractivity contribution in [2.24, 2.45) is 0 Å². The second-order valence-electron chi connectivity index (χ2n) is 5.89. The maximum absolute atomic E-state index is 13.1.